The van der Waals surface area contributed by atoms with Crippen molar-refractivity contribution in [2.75, 3.05) is 46.3 Å². The van der Waals surface area contributed by atoms with Gasteiger partial charge in [0.05, 0.1) is 12.3 Å². The smallest absolute Gasteiger partial charge is 0.0773 e. The Hall–Kier alpha value is -1.13. The van der Waals surface area contributed by atoms with Crippen molar-refractivity contribution < 1.29 is 0 Å². The minimum atomic E-state index is 0.491. The summed E-state index contributed by atoms with van der Waals surface area (Å²) in [6.45, 7) is 11.4. The summed E-state index contributed by atoms with van der Waals surface area (Å²) < 4.78 is 0. The van der Waals surface area contributed by atoms with E-state index in [0.717, 1.165) is 32.1 Å². The molecule has 1 atom stereocenters. The second kappa shape index (κ2) is 7.63. The summed E-state index contributed by atoms with van der Waals surface area (Å²) in [5.74, 6) is 0.786. The van der Waals surface area contributed by atoms with Crippen molar-refractivity contribution in [3.05, 3.63) is 23.3 Å². The number of hydrazone groups is 1. The van der Waals surface area contributed by atoms with Crippen molar-refractivity contribution in [1.82, 2.24) is 14.8 Å². The zero-order valence-electron chi connectivity index (χ0n) is 15.0. The minimum Gasteiger partial charge on any atom is -0.306 e. The van der Waals surface area contributed by atoms with Gasteiger partial charge in [0.1, 0.15) is 0 Å². The van der Waals surface area contributed by atoms with E-state index in [1.165, 1.54) is 37.9 Å². The molecule has 4 heteroatoms. The Kier molecular flexibility index (Phi) is 5.54. The number of hydrogen-bond acceptors (Lipinski definition) is 4. The third-order valence-electron chi connectivity index (χ3n) is 5.80. The molecule has 128 valence electrons. The molecule has 23 heavy (non-hydrogen) atoms. The normalized spacial score (nSPS) is 25.7. The summed E-state index contributed by atoms with van der Waals surface area (Å²) in [5, 5.41) is 7.01. The van der Waals surface area contributed by atoms with Crippen molar-refractivity contribution in [3.63, 3.8) is 0 Å². The lowest BCUT2D eigenvalue weighted by Gasteiger charge is -2.35. The maximum Gasteiger partial charge on any atom is 0.0773 e. The Morgan fingerprint density at radius 3 is 2.61 bits per heavy atom. The number of rotatable bonds is 6. The molecular formula is C19H32N4. The van der Waals surface area contributed by atoms with E-state index in [4.69, 9.17) is 0 Å². The molecule has 0 amide bonds. The number of nitrogens with zero attached hydrogens (tertiary/aromatic N) is 4. The molecule has 2 heterocycles. The molecule has 3 rings (SSSR count). The highest BCUT2D eigenvalue weighted by atomic mass is 15.5. The van der Waals surface area contributed by atoms with E-state index in [9.17, 15) is 0 Å². The molecule has 1 saturated heterocycles. The highest BCUT2D eigenvalue weighted by Crippen LogP contribution is 2.34. The second-order valence-corrected chi connectivity index (χ2v) is 7.14. The van der Waals surface area contributed by atoms with Crippen LogP contribution in [0.4, 0.5) is 0 Å². The summed E-state index contributed by atoms with van der Waals surface area (Å²) in [4.78, 5) is 4.93. The summed E-state index contributed by atoms with van der Waals surface area (Å²) in [6, 6.07) is 0.491. The summed E-state index contributed by atoms with van der Waals surface area (Å²) in [7, 11) is 2.24. The number of likely N-dealkylation sites (tertiary alicyclic amines) is 1. The van der Waals surface area contributed by atoms with E-state index in [1.807, 2.05) is 0 Å². The fraction of sp³-hybridized carbons (Fsp3) is 0.737. The van der Waals surface area contributed by atoms with Crippen molar-refractivity contribution in [2.24, 2.45) is 11.0 Å². The first kappa shape index (κ1) is 16.7. The first-order chi connectivity index (χ1) is 11.2. The summed E-state index contributed by atoms with van der Waals surface area (Å²) in [5.41, 5.74) is 3.06. The van der Waals surface area contributed by atoms with Crippen molar-refractivity contribution in [2.45, 2.75) is 39.2 Å². The number of allylic oxidation sites excluding steroid dienone is 2. The van der Waals surface area contributed by atoms with E-state index >= 15 is 0 Å². The molecule has 0 N–H and O–H groups in total. The van der Waals surface area contributed by atoms with Crippen LogP contribution in [0.2, 0.25) is 0 Å². The topological polar surface area (TPSA) is 22.1 Å². The molecule has 0 bridgehead atoms. The fourth-order valence-electron chi connectivity index (χ4n) is 4.03. The zero-order chi connectivity index (χ0) is 16.2. The van der Waals surface area contributed by atoms with Gasteiger partial charge in [-0.3, -0.25) is 5.01 Å². The van der Waals surface area contributed by atoms with Gasteiger partial charge < -0.3 is 9.80 Å². The highest BCUT2D eigenvalue weighted by molar-refractivity contribution is 5.83. The second-order valence-electron chi connectivity index (χ2n) is 7.14. The van der Waals surface area contributed by atoms with Crippen LogP contribution in [-0.2, 0) is 0 Å². The molecule has 3 aliphatic rings. The van der Waals surface area contributed by atoms with Crippen LogP contribution in [-0.4, -0.2) is 73.4 Å². The van der Waals surface area contributed by atoms with E-state index in [0.29, 0.717) is 6.04 Å². The van der Waals surface area contributed by atoms with E-state index in [2.05, 4.69) is 59.2 Å². The van der Waals surface area contributed by atoms with E-state index < -0.39 is 0 Å². The molecule has 1 fully saturated rings. The van der Waals surface area contributed by atoms with Gasteiger partial charge in [0, 0.05) is 13.1 Å². The highest BCUT2D eigenvalue weighted by Gasteiger charge is 2.31. The zero-order valence-corrected chi connectivity index (χ0v) is 15.0. The Morgan fingerprint density at radius 1 is 1.17 bits per heavy atom. The Balaban J connectivity index is 1.58. The van der Waals surface area contributed by atoms with Crippen molar-refractivity contribution in [1.29, 1.82) is 0 Å². The molecule has 4 nitrogen and oxygen atoms in total. The van der Waals surface area contributed by atoms with Gasteiger partial charge in [0.25, 0.3) is 0 Å². The molecule has 1 aliphatic carbocycles. The van der Waals surface area contributed by atoms with Crippen molar-refractivity contribution in [3.8, 4) is 0 Å². The quantitative estimate of drug-likeness (QED) is 0.752. The summed E-state index contributed by atoms with van der Waals surface area (Å²) >= 11 is 0. The monoisotopic (exact) mass is 316 g/mol. The predicted octanol–water partition coefficient (Wildman–Crippen LogP) is 2.60. The van der Waals surface area contributed by atoms with Crippen LogP contribution in [0.5, 0.6) is 0 Å². The molecule has 0 saturated carbocycles. The number of piperidine rings is 1. The van der Waals surface area contributed by atoms with Gasteiger partial charge >= 0.3 is 0 Å². The van der Waals surface area contributed by atoms with E-state index in [1.54, 1.807) is 5.57 Å². The maximum absolute atomic E-state index is 4.68. The van der Waals surface area contributed by atoms with Crippen LogP contribution in [0, 0.1) is 5.92 Å². The van der Waals surface area contributed by atoms with Gasteiger partial charge in [0.2, 0.25) is 0 Å². The van der Waals surface area contributed by atoms with Gasteiger partial charge in [-0.05, 0) is 64.0 Å². The van der Waals surface area contributed by atoms with Gasteiger partial charge in [-0.2, -0.15) is 5.10 Å². The fourth-order valence-corrected chi connectivity index (χ4v) is 4.03. The largest absolute Gasteiger partial charge is 0.306 e. The lowest BCUT2D eigenvalue weighted by molar-refractivity contribution is 0.191. The van der Waals surface area contributed by atoms with Gasteiger partial charge in [0.15, 0.2) is 0 Å². The van der Waals surface area contributed by atoms with Crippen molar-refractivity contribution >= 4 is 6.21 Å². The van der Waals surface area contributed by atoms with Crippen LogP contribution in [0.25, 0.3) is 0 Å². The first-order valence-electron chi connectivity index (χ1n) is 9.33. The minimum absolute atomic E-state index is 0.491. The first-order valence-corrected chi connectivity index (χ1v) is 9.33. The maximum atomic E-state index is 4.68. The third kappa shape index (κ3) is 3.86. The number of likely N-dealkylation sites (N-methyl/N-ethyl adjacent to an activating group) is 1. The third-order valence-corrected chi connectivity index (χ3v) is 5.80. The van der Waals surface area contributed by atoms with Crippen LogP contribution >= 0.6 is 0 Å². The molecular weight excluding hydrogens is 284 g/mol. The average molecular weight is 316 g/mol. The number of hydrogen-bond donors (Lipinski definition) is 0. The van der Waals surface area contributed by atoms with Gasteiger partial charge in [-0.15, -0.1) is 0 Å². The molecule has 0 spiro atoms. The number of fused-ring (bicyclic) bond motifs is 1. The Morgan fingerprint density at radius 2 is 1.91 bits per heavy atom. The van der Waals surface area contributed by atoms with E-state index in [-0.39, 0.29) is 0 Å². The van der Waals surface area contributed by atoms with Crippen LogP contribution < -0.4 is 0 Å². The molecule has 0 aromatic carbocycles. The van der Waals surface area contributed by atoms with Gasteiger partial charge in [-0.1, -0.05) is 31.6 Å². The van der Waals surface area contributed by atoms with Crippen LogP contribution in [0.1, 0.15) is 33.1 Å². The Labute approximate surface area is 141 Å². The molecule has 0 aromatic heterocycles. The molecule has 1 unspecified atom stereocenters. The summed E-state index contributed by atoms with van der Waals surface area (Å²) in [6.07, 6.45) is 10.6. The molecule has 2 aliphatic heterocycles. The SMILES string of the molecule is CCN(CC)CCN1N=CC2=CC=C(C3CCN(C)CC3)CC21. The average Bonchev–Trinajstić information content (AvgIpc) is 2.99. The Bertz CT molecular complexity index is 482. The standard InChI is InChI=1S/C19H32N4/c1-4-22(5-2)12-13-23-19-14-17(6-7-18(19)15-20-23)16-8-10-21(3)11-9-16/h6-7,15-16,19H,4-5,8-14H2,1-3H3. The van der Waals surface area contributed by atoms with Crippen LogP contribution in [0.15, 0.2) is 28.4 Å². The van der Waals surface area contributed by atoms with Gasteiger partial charge in [-0.25, -0.2) is 0 Å². The predicted molar refractivity (Wildman–Crippen MR) is 97.8 cm³/mol. The lowest BCUT2D eigenvalue weighted by atomic mass is 9.82. The molecule has 0 aromatic rings. The van der Waals surface area contributed by atoms with Crippen LogP contribution in [0.3, 0.4) is 0 Å². The lowest BCUT2D eigenvalue weighted by Crippen LogP contribution is -2.38. The molecule has 0 radical (unpaired) electrons.